The molecule has 0 aliphatic carbocycles. The average Bonchev–Trinajstić information content (AvgIpc) is 2.47. The van der Waals surface area contributed by atoms with Gasteiger partial charge < -0.3 is 14.9 Å². The first-order valence-corrected chi connectivity index (χ1v) is 8.34. The summed E-state index contributed by atoms with van der Waals surface area (Å²) in [4.78, 5) is 13.4. The van der Waals surface area contributed by atoms with Gasteiger partial charge in [-0.25, -0.2) is 0 Å². The minimum atomic E-state index is -0.142. The molecule has 0 unspecified atom stereocenters. The second kappa shape index (κ2) is 18.7. The Morgan fingerprint density at radius 3 is 2.00 bits per heavy atom. The van der Waals surface area contributed by atoms with Crippen LogP contribution in [0.1, 0.15) is 58.3 Å². The molecular formula is C16H34ClNO4. The van der Waals surface area contributed by atoms with Crippen LogP contribution >= 0.6 is 12.4 Å². The molecule has 0 amide bonds. The number of esters is 1. The van der Waals surface area contributed by atoms with Crippen LogP contribution in [-0.4, -0.2) is 60.5 Å². The quantitative estimate of drug-likeness (QED) is 0.354. The number of carbonyl (C=O) groups excluding carboxylic acids is 1. The van der Waals surface area contributed by atoms with Crippen molar-refractivity contribution >= 4 is 18.4 Å². The van der Waals surface area contributed by atoms with E-state index in [0.29, 0.717) is 32.7 Å². The molecule has 2 N–H and O–H groups in total. The van der Waals surface area contributed by atoms with E-state index in [1.807, 2.05) is 4.90 Å². The Kier molecular flexibility index (Phi) is 20.3. The van der Waals surface area contributed by atoms with Gasteiger partial charge in [0.15, 0.2) is 0 Å². The van der Waals surface area contributed by atoms with Crippen LogP contribution in [0.25, 0.3) is 0 Å². The molecule has 0 spiro atoms. The fourth-order valence-corrected chi connectivity index (χ4v) is 2.21. The number of rotatable bonds is 15. The van der Waals surface area contributed by atoms with E-state index in [4.69, 9.17) is 14.9 Å². The van der Waals surface area contributed by atoms with Crippen LogP contribution in [0.5, 0.6) is 0 Å². The SMILES string of the molecule is CCCCCCCCCC(=O)OCCN(CCO)CCO.Cl. The van der Waals surface area contributed by atoms with Crippen LogP contribution in [-0.2, 0) is 9.53 Å². The summed E-state index contributed by atoms with van der Waals surface area (Å²) in [6.45, 7) is 4.18. The highest BCUT2D eigenvalue weighted by Gasteiger charge is 2.06. The van der Waals surface area contributed by atoms with E-state index in [-0.39, 0.29) is 31.6 Å². The number of hydrogen-bond acceptors (Lipinski definition) is 5. The topological polar surface area (TPSA) is 70.0 Å². The second-order valence-corrected chi connectivity index (χ2v) is 5.38. The molecule has 134 valence electrons. The summed E-state index contributed by atoms with van der Waals surface area (Å²) in [6.07, 6.45) is 8.83. The van der Waals surface area contributed by atoms with Gasteiger partial charge in [-0.05, 0) is 6.42 Å². The molecule has 0 radical (unpaired) electrons. The van der Waals surface area contributed by atoms with Gasteiger partial charge in [-0.2, -0.15) is 0 Å². The van der Waals surface area contributed by atoms with Gasteiger partial charge in [0.1, 0.15) is 6.61 Å². The molecule has 5 nitrogen and oxygen atoms in total. The Balaban J connectivity index is 0. The molecule has 0 aromatic carbocycles. The van der Waals surface area contributed by atoms with Crippen molar-refractivity contribution in [2.24, 2.45) is 0 Å². The summed E-state index contributed by atoms with van der Waals surface area (Å²) in [5.41, 5.74) is 0. The van der Waals surface area contributed by atoms with Crippen molar-refractivity contribution in [1.29, 1.82) is 0 Å². The Bertz CT molecular complexity index is 236. The highest BCUT2D eigenvalue weighted by atomic mass is 35.5. The van der Waals surface area contributed by atoms with Crippen molar-refractivity contribution < 1.29 is 19.7 Å². The number of aliphatic hydroxyl groups excluding tert-OH is 2. The van der Waals surface area contributed by atoms with E-state index >= 15 is 0 Å². The molecule has 0 aliphatic heterocycles. The number of unbranched alkanes of at least 4 members (excludes halogenated alkanes) is 6. The van der Waals surface area contributed by atoms with Crippen molar-refractivity contribution in [3.05, 3.63) is 0 Å². The fraction of sp³-hybridized carbons (Fsp3) is 0.938. The van der Waals surface area contributed by atoms with Gasteiger partial charge in [0.25, 0.3) is 0 Å². The zero-order valence-corrected chi connectivity index (χ0v) is 14.8. The highest BCUT2D eigenvalue weighted by Crippen LogP contribution is 2.08. The predicted molar refractivity (Wildman–Crippen MR) is 91.4 cm³/mol. The van der Waals surface area contributed by atoms with Gasteiger partial charge in [-0.1, -0.05) is 45.4 Å². The molecule has 0 aliphatic rings. The third-order valence-electron chi connectivity index (χ3n) is 3.49. The van der Waals surface area contributed by atoms with E-state index < -0.39 is 0 Å². The second-order valence-electron chi connectivity index (χ2n) is 5.38. The van der Waals surface area contributed by atoms with Crippen LogP contribution in [0.2, 0.25) is 0 Å². The number of nitrogens with zero attached hydrogens (tertiary/aromatic N) is 1. The van der Waals surface area contributed by atoms with Crippen molar-refractivity contribution in [2.75, 3.05) is 39.5 Å². The van der Waals surface area contributed by atoms with Gasteiger partial charge in [0, 0.05) is 26.1 Å². The maximum absolute atomic E-state index is 11.5. The normalized spacial score (nSPS) is 10.5. The average molecular weight is 340 g/mol. The van der Waals surface area contributed by atoms with Crippen LogP contribution in [0, 0.1) is 0 Å². The van der Waals surface area contributed by atoms with Gasteiger partial charge in [0.2, 0.25) is 0 Å². The molecule has 0 fully saturated rings. The van der Waals surface area contributed by atoms with E-state index in [2.05, 4.69) is 6.92 Å². The van der Waals surface area contributed by atoms with Crippen LogP contribution in [0.15, 0.2) is 0 Å². The summed E-state index contributed by atoms with van der Waals surface area (Å²) < 4.78 is 5.17. The molecule has 0 saturated heterocycles. The largest absolute Gasteiger partial charge is 0.464 e. The summed E-state index contributed by atoms with van der Waals surface area (Å²) in [5.74, 6) is -0.142. The maximum atomic E-state index is 11.5. The lowest BCUT2D eigenvalue weighted by Gasteiger charge is -2.19. The van der Waals surface area contributed by atoms with Crippen molar-refractivity contribution in [2.45, 2.75) is 58.3 Å². The van der Waals surface area contributed by atoms with Crippen LogP contribution < -0.4 is 0 Å². The number of ether oxygens (including phenoxy) is 1. The first-order chi connectivity index (χ1) is 10.2. The van der Waals surface area contributed by atoms with Gasteiger partial charge >= 0.3 is 5.97 Å². The number of halogens is 1. The molecule has 0 heterocycles. The zero-order valence-electron chi connectivity index (χ0n) is 14.0. The van der Waals surface area contributed by atoms with Crippen LogP contribution in [0.3, 0.4) is 0 Å². The van der Waals surface area contributed by atoms with Gasteiger partial charge in [-0.15, -0.1) is 12.4 Å². The molecule has 0 atom stereocenters. The third kappa shape index (κ3) is 16.0. The molecule has 6 heteroatoms. The van der Waals surface area contributed by atoms with Crippen molar-refractivity contribution in [1.82, 2.24) is 4.90 Å². The number of hydrogen-bond donors (Lipinski definition) is 2. The van der Waals surface area contributed by atoms with Crippen LogP contribution in [0.4, 0.5) is 0 Å². The lowest BCUT2D eigenvalue weighted by Crippen LogP contribution is -2.33. The minimum Gasteiger partial charge on any atom is -0.464 e. The smallest absolute Gasteiger partial charge is 0.305 e. The predicted octanol–water partition coefficient (Wildman–Crippen LogP) is 2.38. The van der Waals surface area contributed by atoms with Crippen molar-refractivity contribution in [3.8, 4) is 0 Å². The first kappa shape index (κ1) is 23.9. The number of aliphatic hydroxyl groups is 2. The lowest BCUT2D eigenvalue weighted by atomic mass is 10.1. The van der Waals surface area contributed by atoms with Gasteiger partial charge in [-0.3, -0.25) is 9.69 Å². The summed E-state index contributed by atoms with van der Waals surface area (Å²) >= 11 is 0. The van der Waals surface area contributed by atoms with E-state index in [1.165, 1.54) is 32.1 Å². The summed E-state index contributed by atoms with van der Waals surface area (Å²) in [5, 5.41) is 17.7. The molecule has 0 bridgehead atoms. The molecule has 22 heavy (non-hydrogen) atoms. The highest BCUT2D eigenvalue weighted by molar-refractivity contribution is 5.85. The molecule has 0 rings (SSSR count). The Morgan fingerprint density at radius 1 is 0.909 bits per heavy atom. The first-order valence-electron chi connectivity index (χ1n) is 8.34. The van der Waals surface area contributed by atoms with Gasteiger partial charge in [0.05, 0.1) is 13.2 Å². The van der Waals surface area contributed by atoms with E-state index in [1.54, 1.807) is 0 Å². The molecule has 0 aromatic rings. The zero-order chi connectivity index (χ0) is 15.8. The van der Waals surface area contributed by atoms with E-state index in [0.717, 1.165) is 12.8 Å². The standard InChI is InChI=1S/C16H33NO4.ClH/c1-2-3-4-5-6-7-8-9-16(20)21-15-12-17(10-13-18)11-14-19;/h18-19H,2-15H2,1H3;1H. The molecule has 0 aromatic heterocycles. The molecular weight excluding hydrogens is 306 g/mol. The third-order valence-corrected chi connectivity index (χ3v) is 3.49. The maximum Gasteiger partial charge on any atom is 0.305 e. The summed E-state index contributed by atoms with van der Waals surface area (Å²) in [7, 11) is 0. The Hall–Kier alpha value is -0.360. The Morgan fingerprint density at radius 2 is 1.45 bits per heavy atom. The monoisotopic (exact) mass is 339 g/mol. The van der Waals surface area contributed by atoms with E-state index in [9.17, 15) is 4.79 Å². The summed E-state index contributed by atoms with van der Waals surface area (Å²) in [6, 6.07) is 0. The minimum absolute atomic E-state index is 0. The fourth-order valence-electron chi connectivity index (χ4n) is 2.21. The van der Waals surface area contributed by atoms with Crippen molar-refractivity contribution in [3.63, 3.8) is 0 Å². The number of carbonyl (C=O) groups is 1. The Labute approximate surface area is 141 Å². The molecule has 0 saturated carbocycles. The lowest BCUT2D eigenvalue weighted by molar-refractivity contribution is -0.144.